The van der Waals surface area contributed by atoms with Gasteiger partial charge in [0.25, 0.3) is 0 Å². The first kappa shape index (κ1) is 21.0. The molecule has 2 heteroatoms. The van der Waals surface area contributed by atoms with E-state index >= 15 is 0 Å². The van der Waals surface area contributed by atoms with E-state index in [1.807, 2.05) is 0 Å². The Morgan fingerprint density at radius 2 is 0.889 bits per heavy atom. The molecule has 0 spiro atoms. The van der Waals surface area contributed by atoms with Gasteiger partial charge in [-0.25, -0.2) is 0 Å². The van der Waals surface area contributed by atoms with Crippen LogP contribution in [0, 0.1) is 0 Å². The van der Waals surface area contributed by atoms with E-state index in [1.165, 1.54) is 83.6 Å². The summed E-state index contributed by atoms with van der Waals surface area (Å²) in [6, 6.07) is 0. The van der Waals surface area contributed by atoms with Gasteiger partial charge in [0, 0.05) is 22.4 Å². The molecular formula is C16H35NNb. The minimum absolute atomic E-state index is 0. The first-order valence-electron chi connectivity index (χ1n) is 7.92. The average Bonchev–Trinajstić information content (AvgIpc) is 2.30. The van der Waals surface area contributed by atoms with Crippen molar-refractivity contribution in [3.63, 3.8) is 0 Å². The molecular weight excluding hydrogens is 299 g/mol. The molecule has 0 amide bonds. The Kier molecular flexibility index (Phi) is 20.7. The predicted octanol–water partition coefficient (Wildman–Crippen LogP) is 5.25. The first-order chi connectivity index (χ1) is 8.27. The fraction of sp³-hybridized carbons (Fsp3) is 1.00. The Hall–Kier alpha value is 0.700. The van der Waals surface area contributed by atoms with Gasteiger partial charge in [-0.1, -0.05) is 77.6 Å². The first-order valence-corrected chi connectivity index (χ1v) is 7.92. The Morgan fingerprint density at radius 1 is 0.556 bits per heavy atom. The standard InChI is InChI=1S/C16H35N.Nb/c1-4-5-6-7-8-9-10-11-12-13-14-15-16-17(2)3;/h4-16H2,1-3H3;. The van der Waals surface area contributed by atoms with Gasteiger partial charge in [-0.05, 0) is 27.1 Å². The van der Waals surface area contributed by atoms with E-state index in [-0.39, 0.29) is 22.4 Å². The smallest absolute Gasteiger partial charge is 0 e. The van der Waals surface area contributed by atoms with Gasteiger partial charge in [0.15, 0.2) is 0 Å². The Balaban J connectivity index is 0. The van der Waals surface area contributed by atoms with Gasteiger partial charge in [0.2, 0.25) is 0 Å². The summed E-state index contributed by atoms with van der Waals surface area (Å²) in [6.45, 7) is 3.55. The van der Waals surface area contributed by atoms with Gasteiger partial charge >= 0.3 is 0 Å². The third-order valence-electron chi connectivity index (χ3n) is 3.46. The van der Waals surface area contributed by atoms with Crippen LogP contribution < -0.4 is 0 Å². The largest absolute Gasteiger partial charge is 0.309 e. The second kappa shape index (κ2) is 17.7. The molecule has 0 saturated carbocycles. The molecule has 0 unspecified atom stereocenters. The SMILES string of the molecule is CCCCCCCCCCCCCCN(C)C.[Nb]. The van der Waals surface area contributed by atoms with E-state index in [0.717, 1.165) is 0 Å². The van der Waals surface area contributed by atoms with Gasteiger partial charge in [-0.2, -0.15) is 0 Å². The summed E-state index contributed by atoms with van der Waals surface area (Å²) in [7, 11) is 4.33. The summed E-state index contributed by atoms with van der Waals surface area (Å²) in [6.07, 6.45) is 17.3. The summed E-state index contributed by atoms with van der Waals surface area (Å²) < 4.78 is 0. The molecule has 0 N–H and O–H groups in total. The summed E-state index contributed by atoms with van der Waals surface area (Å²) in [5, 5.41) is 0. The molecule has 109 valence electrons. The predicted molar refractivity (Wildman–Crippen MR) is 79.6 cm³/mol. The fourth-order valence-corrected chi connectivity index (χ4v) is 2.27. The molecule has 0 atom stereocenters. The third kappa shape index (κ3) is 19.0. The molecule has 0 aliphatic heterocycles. The summed E-state index contributed by atoms with van der Waals surface area (Å²) >= 11 is 0. The zero-order valence-electron chi connectivity index (χ0n) is 13.1. The molecule has 0 heterocycles. The number of nitrogens with zero attached hydrogens (tertiary/aromatic N) is 1. The van der Waals surface area contributed by atoms with Crippen LogP contribution in [0.4, 0.5) is 0 Å². The van der Waals surface area contributed by atoms with Crippen LogP contribution in [0.25, 0.3) is 0 Å². The zero-order chi connectivity index (χ0) is 12.8. The molecule has 0 bridgehead atoms. The molecule has 0 saturated heterocycles. The molecule has 0 aromatic rings. The molecule has 0 aromatic carbocycles. The van der Waals surface area contributed by atoms with E-state index in [4.69, 9.17) is 0 Å². The van der Waals surface area contributed by atoms with Crippen LogP contribution in [0.1, 0.15) is 84.0 Å². The van der Waals surface area contributed by atoms with Crippen molar-refractivity contribution in [1.82, 2.24) is 4.90 Å². The molecule has 1 radical (unpaired) electrons. The fourth-order valence-electron chi connectivity index (χ4n) is 2.27. The number of rotatable bonds is 13. The Bertz CT molecular complexity index is 137. The summed E-state index contributed by atoms with van der Waals surface area (Å²) in [5.41, 5.74) is 0. The second-order valence-electron chi connectivity index (χ2n) is 5.69. The maximum absolute atomic E-state index is 2.29. The maximum Gasteiger partial charge on any atom is 0 e. The summed E-state index contributed by atoms with van der Waals surface area (Å²) in [4.78, 5) is 2.29. The molecule has 1 nitrogen and oxygen atoms in total. The van der Waals surface area contributed by atoms with Crippen LogP contribution in [-0.4, -0.2) is 25.5 Å². The number of unbranched alkanes of at least 4 members (excludes halogenated alkanes) is 11. The Labute approximate surface area is 132 Å². The summed E-state index contributed by atoms with van der Waals surface area (Å²) in [5.74, 6) is 0. The van der Waals surface area contributed by atoms with Crippen LogP contribution in [0.5, 0.6) is 0 Å². The van der Waals surface area contributed by atoms with Crippen LogP contribution in [0.2, 0.25) is 0 Å². The van der Waals surface area contributed by atoms with E-state index in [9.17, 15) is 0 Å². The van der Waals surface area contributed by atoms with E-state index in [2.05, 4.69) is 25.9 Å². The van der Waals surface area contributed by atoms with Crippen LogP contribution >= 0.6 is 0 Å². The van der Waals surface area contributed by atoms with E-state index in [1.54, 1.807) is 0 Å². The average molecular weight is 334 g/mol. The van der Waals surface area contributed by atoms with Crippen molar-refractivity contribution < 1.29 is 22.4 Å². The van der Waals surface area contributed by atoms with Gasteiger partial charge in [-0.3, -0.25) is 0 Å². The quantitative estimate of drug-likeness (QED) is 0.329. The maximum atomic E-state index is 2.29. The van der Waals surface area contributed by atoms with E-state index in [0.29, 0.717) is 0 Å². The van der Waals surface area contributed by atoms with Gasteiger partial charge in [0.1, 0.15) is 0 Å². The van der Waals surface area contributed by atoms with Crippen molar-refractivity contribution >= 4 is 0 Å². The van der Waals surface area contributed by atoms with Crippen molar-refractivity contribution in [1.29, 1.82) is 0 Å². The van der Waals surface area contributed by atoms with Crippen molar-refractivity contribution in [3.8, 4) is 0 Å². The second-order valence-corrected chi connectivity index (χ2v) is 5.69. The van der Waals surface area contributed by atoms with Crippen molar-refractivity contribution in [3.05, 3.63) is 0 Å². The molecule has 18 heavy (non-hydrogen) atoms. The molecule has 0 aliphatic rings. The van der Waals surface area contributed by atoms with E-state index < -0.39 is 0 Å². The zero-order valence-corrected chi connectivity index (χ0v) is 15.3. The van der Waals surface area contributed by atoms with Crippen molar-refractivity contribution in [2.75, 3.05) is 20.6 Å². The molecule has 0 fully saturated rings. The molecule has 0 aromatic heterocycles. The number of hydrogen-bond acceptors (Lipinski definition) is 1. The Morgan fingerprint density at radius 3 is 1.22 bits per heavy atom. The third-order valence-corrected chi connectivity index (χ3v) is 3.46. The topological polar surface area (TPSA) is 3.24 Å². The van der Waals surface area contributed by atoms with Crippen LogP contribution in [-0.2, 0) is 22.4 Å². The van der Waals surface area contributed by atoms with Gasteiger partial charge < -0.3 is 4.90 Å². The van der Waals surface area contributed by atoms with Crippen LogP contribution in [0.15, 0.2) is 0 Å². The molecule has 0 aliphatic carbocycles. The van der Waals surface area contributed by atoms with Crippen LogP contribution in [0.3, 0.4) is 0 Å². The minimum atomic E-state index is 0. The minimum Gasteiger partial charge on any atom is -0.309 e. The molecule has 0 rings (SSSR count). The van der Waals surface area contributed by atoms with Gasteiger partial charge in [-0.15, -0.1) is 0 Å². The van der Waals surface area contributed by atoms with Gasteiger partial charge in [0.05, 0.1) is 0 Å². The number of hydrogen-bond donors (Lipinski definition) is 0. The van der Waals surface area contributed by atoms with Crippen molar-refractivity contribution in [2.24, 2.45) is 0 Å². The van der Waals surface area contributed by atoms with Crippen molar-refractivity contribution in [2.45, 2.75) is 84.0 Å². The normalized spacial score (nSPS) is 10.7. The monoisotopic (exact) mass is 334 g/mol.